The zero-order valence-corrected chi connectivity index (χ0v) is 28.2. The molecule has 0 spiro atoms. The number of benzene rings is 3. The van der Waals surface area contributed by atoms with Crippen LogP contribution in [0.15, 0.2) is 66.7 Å². The number of rotatable bonds is 20. The molecule has 0 heterocycles. The summed E-state index contributed by atoms with van der Waals surface area (Å²) in [6.45, 7) is 5.53. The summed E-state index contributed by atoms with van der Waals surface area (Å²) >= 11 is 0. The predicted molar refractivity (Wildman–Crippen MR) is 181 cm³/mol. The Hall–Kier alpha value is -2.85. The lowest BCUT2D eigenvalue weighted by molar-refractivity contribution is -0.0499. The van der Waals surface area contributed by atoms with Gasteiger partial charge in [0.1, 0.15) is 11.5 Å². The second-order valence-electron chi connectivity index (χ2n) is 10.9. The van der Waals surface area contributed by atoms with Crippen LogP contribution in [0.2, 0.25) is 0 Å². The van der Waals surface area contributed by atoms with Gasteiger partial charge in [0.05, 0.1) is 13.2 Å². The number of halogens is 3. The largest absolute Gasteiger partial charge is 0.534 e. The van der Waals surface area contributed by atoms with Crippen molar-refractivity contribution in [2.24, 2.45) is 0 Å². The van der Waals surface area contributed by atoms with E-state index in [0.717, 1.165) is 25.7 Å². The maximum Gasteiger partial charge on any atom is 0.534 e. The molecule has 0 aliphatic rings. The Kier molecular flexibility index (Phi) is 16.7. The normalized spacial score (nSPS) is 11.6. The van der Waals surface area contributed by atoms with Crippen LogP contribution in [0, 0.1) is 0 Å². The van der Waals surface area contributed by atoms with Crippen LogP contribution in [0.4, 0.5) is 13.2 Å². The Balaban J connectivity index is 0.00000705. The maximum atomic E-state index is 13.3. The molecule has 0 saturated heterocycles. The molecule has 0 unspecified atom stereocenters. The Labute approximate surface area is 274 Å². The highest BCUT2D eigenvalue weighted by Crippen LogP contribution is 2.42. The Morgan fingerprint density at radius 2 is 1.04 bits per heavy atom. The van der Waals surface area contributed by atoms with E-state index in [1.165, 1.54) is 63.5 Å². The molecule has 0 radical (unpaired) electrons. The van der Waals surface area contributed by atoms with Crippen LogP contribution in [0.1, 0.15) is 90.9 Å². The van der Waals surface area contributed by atoms with E-state index in [2.05, 4.69) is 18.0 Å². The molecule has 0 saturated carbocycles. The van der Waals surface area contributed by atoms with Crippen LogP contribution < -0.4 is 13.7 Å². The van der Waals surface area contributed by atoms with E-state index in [-0.39, 0.29) is 19.1 Å². The van der Waals surface area contributed by atoms with Crippen molar-refractivity contribution in [2.75, 3.05) is 13.2 Å². The smallest absolute Gasteiger partial charge is 0.494 e. The lowest BCUT2D eigenvalue weighted by Gasteiger charge is -2.17. The topological polar surface area (TPSA) is 61.8 Å². The molecule has 0 amide bonds. The lowest BCUT2D eigenvalue weighted by atomic mass is 9.93. The van der Waals surface area contributed by atoms with Gasteiger partial charge < -0.3 is 13.7 Å². The quantitative estimate of drug-likeness (QED) is 0.0681. The van der Waals surface area contributed by atoms with Gasteiger partial charge in [-0.1, -0.05) is 114 Å². The minimum atomic E-state index is -5.88. The number of unbranched alkanes of at least 4 members (excludes halogenated alkanes) is 10. The summed E-state index contributed by atoms with van der Waals surface area (Å²) in [5.41, 5.74) is -3.66. The SMILES string of the molecule is CCCCCCCCOc1ccc(-c2cccc(OS(=O)(=O)C(F)(F)F)c2-c2ccc(OCCCCCCCC)cc2)cc1.S. The molecule has 0 aliphatic carbocycles. The Morgan fingerprint density at radius 1 is 0.600 bits per heavy atom. The van der Waals surface area contributed by atoms with Gasteiger partial charge >= 0.3 is 15.6 Å². The first-order chi connectivity index (χ1) is 21.2. The summed E-state index contributed by atoms with van der Waals surface area (Å²) in [4.78, 5) is 0. The second-order valence-corrected chi connectivity index (χ2v) is 12.5. The Morgan fingerprint density at radius 3 is 1.51 bits per heavy atom. The predicted octanol–water partition coefficient (Wildman–Crippen LogP) is 10.8. The van der Waals surface area contributed by atoms with E-state index in [1.807, 2.05) is 0 Å². The minimum Gasteiger partial charge on any atom is -0.494 e. The Bertz CT molecular complexity index is 1360. The van der Waals surface area contributed by atoms with Crippen molar-refractivity contribution < 1.29 is 35.2 Å². The summed E-state index contributed by atoms with van der Waals surface area (Å²) in [6.07, 6.45) is 13.8. The summed E-state index contributed by atoms with van der Waals surface area (Å²) in [5.74, 6) is 0.892. The zero-order chi connectivity index (χ0) is 31.8. The lowest BCUT2D eigenvalue weighted by Crippen LogP contribution is -2.28. The molecule has 0 aliphatic heterocycles. The van der Waals surface area contributed by atoms with Crippen molar-refractivity contribution in [3.8, 4) is 39.5 Å². The fourth-order valence-electron chi connectivity index (χ4n) is 4.90. The first kappa shape index (κ1) is 38.3. The number of ether oxygens (including phenoxy) is 2. The molecule has 0 N–H and O–H groups in total. The maximum absolute atomic E-state index is 13.3. The van der Waals surface area contributed by atoms with Gasteiger partial charge in [0.2, 0.25) is 0 Å². The molecule has 5 nitrogen and oxygen atoms in total. The van der Waals surface area contributed by atoms with Crippen molar-refractivity contribution in [1.82, 2.24) is 0 Å². The molecule has 0 atom stereocenters. The van der Waals surface area contributed by atoms with Crippen molar-refractivity contribution >= 4 is 23.6 Å². The minimum absolute atomic E-state index is 0. The highest BCUT2D eigenvalue weighted by molar-refractivity contribution is 7.88. The molecule has 10 heteroatoms. The highest BCUT2D eigenvalue weighted by atomic mass is 32.2. The van der Waals surface area contributed by atoms with Gasteiger partial charge in [-0.25, -0.2) is 0 Å². The van der Waals surface area contributed by atoms with Gasteiger partial charge in [-0.05, 0) is 59.9 Å². The molecular weight excluding hydrogens is 622 g/mol. The standard InChI is InChI=1S/C35H45F3O5S.H2S/c1-3-5-7-9-11-13-26-41-30-22-18-28(19-23-30)32-16-15-17-33(43-44(39,40)35(36,37)38)34(32)29-20-24-31(25-21-29)42-27-14-12-10-8-6-4-2;/h15-25H,3-14,26-27H2,1-2H3;1H2. The van der Waals surface area contributed by atoms with Crippen LogP contribution >= 0.6 is 13.5 Å². The van der Waals surface area contributed by atoms with E-state index in [0.29, 0.717) is 41.4 Å². The van der Waals surface area contributed by atoms with E-state index in [9.17, 15) is 21.6 Å². The number of alkyl halides is 3. The third-order valence-electron chi connectivity index (χ3n) is 7.35. The molecule has 250 valence electrons. The van der Waals surface area contributed by atoms with Crippen molar-refractivity contribution in [3.05, 3.63) is 66.7 Å². The van der Waals surface area contributed by atoms with Gasteiger partial charge in [0.15, 0.2) is 5.75 Å². The van der Waals surface area contributed by atoms with Crippen molar-refractivity contribution in [3.63, 3.8) is 0 Å². The summed E-state index contributed by atoms with van der Waals surface area (Å²) < 4.78 is 80.2. The fourth-order valence-corrected chi connectivity index (χ4v) is 5.37. The van der Waals surface area contributed by atoms with Crippen molar-refractivity contribution in [1.29, 1.82) is 0 Å². The number of hydrogen-bond acceptors (Lipinski definition) is 5. The van der Waals surface area contributed by atoms with Gasteiger partial charge in [-0.3, -0.25) is 0 Å². The van der Waals surface area contributed by atoms with Crippen LogP contribution in [0.25, 0.3) is 22.3 Å². The molecule has 0 aromatic heterocycles. The molecule has 3 rings (SSSR count). The second kappa shape index (κ2) is 19.6. The van der Waals surface area contributed by atoms with E-state index >= 15 is 0 Å². The monoisotopic (exact) mass is 668 g/mol. The van der Waals surface area contributed by atoms with Crippen LogP contribution in [-0.4, -0.2) is 27.1 Å². The average molecular weight is 669 g/mol. The van der Waals surface area contributed by atoms with Gasteiger partial charge in [0, 0.05) is 5.56 Å². The van der Waals surface area contributed by atoms with E-state index < -0.39 is 21.4 Å². The molecule has 0 bridgehead atoms. The third-order valence-corrected chi connectivity index (χ3v) is 8.32. The molecule has 3 aromatic rings. The van der Waals surface area contributed by atoms with E-state index in [1.54, 1.807) is 54.6 Å². The van der Waals surface area contributed by atoms with Crippen LogP contribution in [-0.2, 0) is 10.1 Å². The molecule has 3 aromatic carbocycles. The van der Waals surface area contributed by atoms with Gasteiger partial charge in [-0.15, -0.1) is 0 Å². The zero-order valence-electron chi connectivity index (χ0n) is 26.3. The first-order valence-corrected chi connectivity index (χ1v) is 17.2. The molecule has 45 heavy (non-hydrogen) atoms. The highest BCUT2D eigenvalue weighted by Gasteiger charge is 2.49. The summed E-state index contributed by atoms with van der Waals surface area (Å²) in [5, 5.41) is 0. The average Bonchev–Trinajstić information content (AvgIpc) is 3.00. The van der Waals surface area contributed by atoms with Gasteiger partial charge in [0.25, 0.3) is 0 Å². The summed E-state index contributed by atoms with van der Waals surface area (Å²) in [7, 11) is -5.88. The molecular formula is C35H47F3O5S2. The van der Waals surface area contributed by atoms with E-state index in [4.69, 9.17) is 9.47 Å². The van der Waals surface area contributed by atoms with Crippen LogP contribution in [0.3, 0.4) is 0 Å². The van der Waals surface area contributed by atoms with Crippen molar-refractivity contribution in [2.45, 2.75) is 96.4 Å². The fraction of sp³-hybridized carbons (Fsp3) is 0.486. The van der Waals surface area contributed by atoms with Gasteiger partial charge in [-0.2, -0.15) is 35.1 Å². The third kappa shape index (κ3) is 12.5. The molecule has 0 fully saturated rings. The summed E-state index contributed by atoms with van der Waals surface area (Å²) in [6, 6.07) is 18.5. The number of hydrogen-bond donors (Lipinski definition) is 0. The first-order valence-electron chi connectivity index (χ1n) is 15.8. The van der Waals surface area contributed by atoms with Crippen LogP contribution in [0.5, 0.6) is 17.2 Å².